The minimum absolute atomic E-state index is 0.397. The molecule has 1 aliphatic rings. The van der Waals surface area contributed by atoms with Crippen LogP contribution >= 0.6 is 0 Å². The van der Waals surface area contributed by atoms with Gasteiger partial charge in [-0.1, -0.05) is 5.16 Å². The van der Waals surface area contributed by atoms with Crippen molar-refractivity contribution in [1.29, 1.82) is 0 Å². The number of cyclic esters (lactones) is 1. The molecule has 0 saturated carbocycles. The van der Waals surface area contributed by atoms with Crippen molar-refractivity contribution < 1.29 is 30.1 Å². The lowest BCUT2D eigenvalue weighted by Gasteiger charge is -2.13. The zero-order valence-corrected chi connectivity index (χ0v) is 6.49. The fraction of sp³-hybridized carbons (Fsp3) is 0.667. The van der Waals surface area contributed by atoms with Crippen LogP contribution < -0.4 is 0 Å². The summed E-state index contributed by atoms with van der Waals surface area (Å²) in [5.74, 6) is -1.01. The van der Waals surface area contributed by atoms with Crippen molar-refractivity contribution >= 4 is 11.7 Å². The average Bonchev–Trinajstić information content (AvgIpc) is 2.42. The van der Waals surface area contributed by atoms with Crippen LogP contribution in [0.2, 0.25) is 0 Å². The molecule has 0 aromatic carbocycles. The monoisotopic (exact) mass is 191 g/mol. The van der Waals surface area contributed by atoms with Crippen LogP contribution in [0.1, 0.15) is 0 Å². The Morgan fingerprint density at radius 1 is 1.62 bits per heavy atom. The average molecular weight is 191 g/mol. The van der Waals surface area contributed by atoms with Gasteiger partial charge in [-0.2, -0.15) is 0 Å². The highest BCUT2D eigenvalue weighted by Gasteiger charge is 2.44. The maximum absolute atomic E-state index is 10.7. The van der Waals surface area contributed by atoms with Gasteiger partial charge in [0.25, 0.3) is 0 Å². The normalized spacial score (nSPS) is 33.5. The van der Waals surface area contributed by atoms with Crippen LogP contribution in [0.15, 0.2) is 5.16 Å². The molecule has 0 bridgehead atoms. The quantitative estimate of drug-likeness (QED) is 0.217. The van der Waals surface area contributed by atoms with Crippen LogP contribution in [0.5, 0.6) is 0 Å². The molecule has 3 atom stereocenters. The Hall–Kier alpha value is -1.18. The molecular formula is C6H9NO6. The van der Waals surface area contributed by atoms with Gasteiger partial charge in [-0.25, -0.2) is 4.79 Å². The first-order chi connectivity index (χ1) is 6.11. The zero-order valence-electron chi connectivity index (χ0n) is 6.49. The molecule has 0 amide bonds. The molecule has 0 aliphatic carbocycles. The first-order valence-corrected chi connectivity index (χ1v) is 3.51. The molecule has 7 heteroatoms. The maximum Gasteiger partial charge on any atom is 0.341 e. The van der Waals surface area contributed by atoms with Crippen LogP contribution in [0.25, 0.3) is 0 Å². The second-order valence-corrected chi connectivity index (χ2v) is 2.53. The van der Waals surface area contributed by atoms with Crippen molar-refractivity contribution in [1.82, 2.24) is 0 Å². The SMILES string of the molecule is O=C1O[C@H]([C@@H](O)CO)/C(=N/O)[C@@H]1O. The number of nitrogens with zero attached hydrogens (tertiary/aromatic N) is 1. The van der Waals surface area contributed by atoms with E-state index in [2.05, 4.69) is 9.89 Å². The predicted octanol–water partition coefficient (Wildman–Crippen LogP) is -2.54. The van der Waals surface area contributed by atoms with Gasteiger partial charge >= 0.3 is 5.97 Å². The molecule has 1 rings (SSSR count). The summed E-state index contributed by atoms with van der Waals surface area (Å²) in [6.07, 6.45) is -4.35. The van der Waals surface area contributed by atoms with Crippen LogP contribution in [0, 0.1) is 0 Å². The highest BCUT2D eigenvalue weighted by atomic mass is 16.6. The molecule has 7 nitrogen and oxygen atoms in total. The van der Waals surface area contributed by atoms with E-state index in [1.807, 2.05) is 0 Å². The molecule has 0 aromatic heterocycles. The van der Waals surface area contributed by atoms with Gasteiger partial charge in [0.05, 0.1) is 6.61 Å². The Kier molecular flexibility index (Phi) is 2.81. The Morgan fingerprint density at radius 2 is 2.23 bits per heavy atom. The summed E-state index contributed by atoms with van der Waals surface area (Å²) in [5, 5.41) is 37.6. The lowest BCUT2D eigenvalue weighted by molar-refractivity contribution is -0.151. The Bertz CT molecular complexity index is 239. The van der Waals surface area contributed by atoms with Crippen LogP contribution in [-0.2, 0) is 9.53 Å². The number of hydrogen-bond acceptors (Lipinski definition) is 7. The van der Waals surface area contributed by atoms with Gasteiger partial charge in [0.15, 0.2) is 12.2 Å². The molecule has 0 radical (unpaired) electrons. The number of carbonyl (C=O) groups excluding carboxylic acids is 1. The minimum atomic E-state index is -1.67. The Morgan fingerprint density at radius 3 is 2.69 bits per heavy atom. The lowest BCUT2D eigenvalue weighted by atomic mass is 10.1. The number of oxime groups is 1. The van der Waals surface area contributed by atoms with E-state index < -0.39 is 36.6 Å². The number of aliphatic hydroxyl groups is 3. The Balaban J connectivity index is 2.83. The standard InChI is InChI=1S/C6H9NO6/c8-1-2(9)5-3(7-12)4(10)6(11)13-5/h2,4-5,8-10,12H,1H2/b7-3+/t2-,4-,5+/m0/s1. The molecule has 1 aliphatic heterocycles. The Labute approximate surface area is 72.9 Å². The maximum atomic E-state index is 10.7. The van der Waals surface area contributed by atoms with Crippen molar-refractivity contribution in [3.63, 3.8) is 0 Å². The van der Waals surface area contributed by atoms with E-state index in [-0.39, 0.29) is 0 Å². The van der Waals surface area contributed by atoms with Crippen LogP contribution in [0.3, 0.4) is 0 Å². The topological polar surface area (TPSA) is 120 Å². The predicted molar refractivity (Wildman–Crippen MR) is 38.2 cm³/mol. The van der Waals surface area contributed by atoms with Gasteiger partial charge in [-0.3, -0.25) is 0 Å². The highest BCUT2D eigenvalue weighted by molar-refractivity contribution is 6.12. The van der Waals surface area contributed by atoms with Gasteiger partial charge < -0.3 is 25.3 Å². The number of rotatable bonds is 2. The first kappa shape index (κ1) is 9.90. The molecular weight excluding hydrogens is 182 g/mol. The van der Waals surface area contributed by atoms with E-state index in [4.69, 9.17) is 20.5 Å². The van der Waals surface area contributed by atoms with Gasteiger partial charge in [-0.15, -0.1) is 0 Å². The molecule has 74 valence electrons. The van der Waals surface area contributed by atoms with Crippen molar-refractivity contribution in [2.24, 2.45) is 5.16 Å². The largest absolute Gasteiger partial charge is 0.451 e. The smallest absolute Gasteiger partial charge is 0.341 e. The first-order valence-electron chi connectivity index (χ1n) is 3.51. The van der Waals surface area contributed by atoms with Crippen LogP contribution in [-0.4, -0.2) is 57.1 Å². The second kappa shape index (κ2) is 3.69. The summed E-state index contributed by atoms with van der Waals surface area (Å²) >= 11 is 0. The number of hydrogen-bond donors (Lipinski definition) is 4. The summed E-state index contributed by atoms with van der Waals surface area (Å²) in [6.45, 7) is -0.663. The van der Waals surface area contributed by atoms with Gasteiger partial charge in [-0.05, 0) is 0 Å². The van der Waals surface area contributed by atoms with E-state index in [9.17, 15) is 4.79 Å². The second-order valence-electron chi connectivity index (χ2n) is 2.53. The van der Waals surface area contributed by atoms with E-state index in [0.717, 1.165) is 0 Å². The van der Waals surface area contributed by atoms with E-state index in [1.54, 1.807) is 0 Å². The van der Waals surface area contributed by atoms with Crippen molar-refractivity contribution in [2.45, 2.75) is 18.3 Å². The van der Waals surface area contributed by atoms with Crippen molar-refractivity contribution in [3.05, 3.63) is 0 Å². The third-order valence-corrected chi connectivity index (χ3v) is 1.69. The van der Waals surface area contributed by atoms with Gasteiger partial charge in [0.2, 0.25) is 0 Å². The minimum Gasteiger partial charge on any atom is -0.451 e. The molecule has 1 heterocycles. The fourth-order valence-corrected chi connectivity index (χ4v) is 1.01. The molecule has 0 unspecified atom stereocenters. The van der Waals surface area contributed by atoms with E-state index >= 15 is 0 Å². The number of carbonyl (C=O) groups is 1. The zero-order chi connectivity index (χ0) is 10.0. The summed E-state index contributed by atoms with van der Waals surface area (Å²) < 4.78 is 4.44. The summed E-state index contributed by atoms with van der Waals surface area (Å²) in [5.41, 5.74) is -0.397. The number of aliphatic hydroxyl groups excluding tert-OH is 3. The van der Waals surface area contributed by atoms with Crippen LogP contribution in [0.4, 0.5) is 0 Å². The molecule has 0 spiro atoms. The molecule has 1 saturated heterocycles. The molecule has 1 fully saturated rings. The van der Waals surface area contributed by atoms with Gasteiger partial charge in [0, 0.05) is 0 Å². The van der Waals surface area contributed by atoms with Crippen molar-refractivity contribution in [2.75, 3.05) is 6.61 Å². The third-order valence-electron chi connectivity index (χ3n) is 1.69. The molecule has 4 N–H and O–H groups in total. The third kappa shape index (κ3) is 1.62. The summed E-state index contributed by atoms with van der Waals surface area (Å²) in [6, 6.07) is 0. The molecule has 0 aromatic rings. The van der Waals surface area contributed by atoms with E-state index in [0.29, 0.717) is 0 Å². The fourth-order valence-electron chi connectivity index (χ4n) is 1.01. The number of ether oxygens (including phenoxy) is 1. The lowest BCUT2D eigenvalue weighted by Crippen LogP contribution is -2.36. The van der Waals surface area contributed by atoms with Gasteiger partial charge in [0.1, 0.15) is 11.8 Å². The van der Waals surface area contributed by atoms with E-state index in [1.165, 1.54) is 0 Å². The summed E-state index contributed by atoms with van der Waals surface area (Å²) in [7, 11) is 0. The summed E-state index contributed by atoms with van der Waals surface area (Å²) in [4.78, 5) is 10.7. The van der Waals surface area contributed by atoms with Crippen molar-refractivity contribution in [3.8, 4) is 0 Å². The highest BCUT2D eigenvalue weighted by Crippen LogP contribution is 2.15. The number of esters is 1. The molecule has 13 heavy (non-hydrogen) atoms.